The van der Waals surface area contributed by atoms with Gasteiger partial charge in [0.05, 0.1) is 40.6 Å². The number of rotatable bonds is 5. The lowest BCUT2D eigenvalue weighted by Gasteiger charge is -2.44. The summed E-state index contributed by atoms with van der Waals surface area (Å²) < 4.78 is 26.4. The van der Waals surface area contributed by atoms with E-state index in [1.807, 2.05) is 37.9 Å². The van der Waals surface area contributed by atoms with E-state index in [9.17, 15) is 13.2 Å². The van der Waals surface area contributed by atoms with Crippen LogP contribution in [0.1, 0.15) is 42.6 Å². The van der Waals surface area contributed by atoms with Gasteiger partial charge in [-0.15, -0.1) is 0 Å². The summed E-state index contributed by atoms with van der Waals surface area (Å²) in [6.45, 7) is 4.96. The number of fused-ring (bicyclic) bond motifs is 1. The fourth-order valence-electron chi connectivity index (χ4n) is 4.53. The van der Waals surface area contributed by atoms with Crippen LogP contribution < -0.4 is 9.80 Å². The number of carbonyl (C=O) groups is 1. The Balaban J connectivity index is 1.38. The Labute approximate surface area is 187 Å². The molecule has 31 heavy (non-hydrogen) atoms. The van der Waals surface area contributed by atoms with Crippen molar-refractivity contribution in [2.75, 3.05) is 29.9 Å². The molecule has 1 saturated carbocycles. The molecule has 7 nitrogen and oxygen atoms in total. The van der Waals surface area contributed by atoms with Gasteiger partial charge in [-0.05, 0) is 56.5 Å². The molecule has 2 aliphatic heterocycles. The van der Waals surface area contributed by atoms with Crippen LogP contribution in [0.15, 0.2) is 36.7 Å². The lowest BCUT2D eigenvalue weighted by Crippen LogP contribution is -2.60. The molecule has 164 valence electrons. The van der Waals surface area contributed by atoms with Crippen molar-refractivity contribution < 1.29 is 13.2 Å². The van der Waals surface area contributed by atoms with Crippen molar-refractivity contribution in [3.05, 3.63) is 52.8 Å². The molecule has 1 aliphatic carbocycles. The van der Waals surface area contributed by atoms with Crippen molar-refractivity contribution in [1.29, 1.82) is 0 Å². The van der Waals surface area contributed by atoms with Crippen LogP contribution in [0.4, 0.5) is 11.4 Å². The molecule has 0 spiro atoms. The lowest BCUT2D eigenvalue weighted by molar-refractivity contribution is 0.0982. The van der Waals surface area contributed by atoms with Gasteiger partial charge >= 0.3 is 0 Å². The average Bonchev–Trinajstić information content (AvgIpc) is 3.50. The number of pyridine rings is 1. The maximum atomic E-state index is 13.2. The van der Waals surface area contributed by atoms with Gasteiger partial charge in [0, 0.05) is 30.7 Å². The Bertz CT molecular complexity index is 1170. The minimum Gasteiger partial charge on any atom is -0.368 e. The predicted molar refractivity (Wildman–Crippen MR) is 121 cm³/mol. The van der Waals surface area contributed by atoms with Crippen LogP contribution in [0.5, 0.6) is 0 Å². The molecule has 0 atom stereocenters. The second-order valence-electron chi connectivity index (χ2n) is 9.12. The Kier molecular flexibility index (Phi) is 4.63. The Hall–Kier alpha value is -2.16. The molecule has 3 aliphatic rings. The van der Waals surface area contributed by atoms with Crippen molar-refractivity contribution in [3.8, 4) is 0 Å². The van der Waals surface area contributed by atoms with E-state index < -0.39 is 15.6 Å². The highest BCUT2D eigenvalue weighted by Gasteiger charge is 2.47. The Morgan fingerprint density at radius 2 is 1.87 bits per heavy atom. The first kappa shape index (κ1) is 20.7. The fraction of sp³-hybridized carbons (Fsp3) is 0.455. The number of sulfonamides is 1. The summed E-state index contributed by atoms with van der Waals surface area (Å²) in [6, 6.07) is 7.38. The van der Waals surface area contributed by atoms with E-state index in [1.54, 1.807) is 33.7 Å². The number of hydrogen-bond acceptors (Lipinski definition) is 5. The molecular formula is C22H25ClN4O3S. The molecule has 5 rings (SSSR count). The first-order chi connectivity index (χ1) is 14.6. The number of carbonyl (C=O) groups excluding carboxylic acids is 1. The maximum absolute atomic E-state index is 13.2. The zero-order valence-corrected chi connectivity index (χ0v) is 19.3. The van der Waals surface area contributed by atoms with Crippen molar-refractivity contribution in [1.82, 2.24) is 9.29 Å². The molecule has 0 bridgehead atoms. The number of halogens is 1. The zero-order chi connectivity index (χ0) is 22.1. The number of anilines is 2. The van der Waals surface area contributed by atoms with E-state index in [4.69, 9.17) is 11.6 Å². The minimum absolute atomic E-state index is 0.0800. The molecule has 3 heterocycles. The van der Waals surface area contributed by atoms with Crippen LogP contribution in [0, 0.1) is 0 Å². The van der Waals surface area contributed by atoms with Gasteiger partial charge in [0.1, 0.15) is 0 Å². The molecule has 2 fully saturated rings. The van der Waals surface area contributed by atoms with E-state index >= 15 is 0 Å². The summed E-state index contributed by atoms with van der Waals surface area (Å²) in [7, 11) is -1.19. The van der Waals surface area contributed by atoms with Gasteiger partial charge in [0.25, 0.3) is 5.91 Å². The van der Waals surface area contributed by atoms with Crippen molar-refractivity contribution >= 4 is 38.9 Å². The van der Waals surface area contributed by atoms with Gasteiger partial charge in [0.2, 0.25) is 10.0 Å². The summed E-state index contributed by atoms with van der Waals surface area (Å²) >= 11 is 6.19. The van der Waals surface area contributed by atoms with Gasteiger partial charge in [0.15, 0.2) is 0 Å². The van der Waals surface area contributed by atoms with Crippen molar-refractivity contribution in [3.63, 3.8) is 0 Å². The molecule has 0 radical (unpaired) electrons. The van der Waals surface area contributed by atoms with Gasteiger partial charge < -0.3 is 4.90 Å². The summed E-state index contributed by atoms with van der Waals surface area (Å²) in [5.74, 6) is -0.0800. The highest BCUT2D eigenvalue weighted by Crippen LogP contribution is 2.43. The summed E-state index contributed by atoms with van der Waals surface area (Å²) in [5, 5.41) is 0.422. The molecule has 0 unspecified atom stereocenters. The van der Waals surface area contributed by atoms with Gasteiger partial charge in [-0.25, -0.2) is 8.42 Å². The van der Waals surface area contributed by atoms with Crippen LogP contribution in [0.2, 0.25) is 5.02 Å². The molecular weight excluding hydrogens is 436 g/mol. The number of benzene rings is 1. The lowest BCUT2D eigenvalue weighted by atomic mass is 9.93. The SMILES string of the molecule is CN(c1cncc(N2C(=O)c3ccc(Cl)cc3C2(C)C)c1)C1CN(S(=O)(=O)C2CC2)C1. The first-order valence-electron chi connectivity index (χ1n) is 10.4. The molecule has 1 amide bonds. The van der Waals surface area contributed by atoms with E-state index in [-0.39, 0.29) is 17.2 Å². The summed E-state index contributed by atoms with van der Waals surface area (Å²) in [6.07, 6.45) is 4.99. The summed E-state index contributed by atoms with van der Waals surface area (Å²) in [4.78, 5) is 21.4. The van der Waals surface area contributed by atoms with Crippen molar-refractivity contribution in [2.24, 2.45) is 0 Å². The third kappa shape index (κ3) is 3.23. The number of hydrogen-bond donors (Lipinski definition) is 0. The van der Waals surface area contributed by atoms with Gasteiger partial charge in [-0.2, -0.15) is 4.31 Å². The molecule has 1 aromatic carbocycles. The van der Waals surface area contributed by atoms with Crippen LogP contribution in [0.3, 0.4) is 0 Å². The van der Waals surface area contributed by atoms with Crippen LogP contribution in [-0.2, 0) is 15.6 Å². The number of nitrogens with zero attached hydrogens (tertiary/aromatic N) is 4. The first-order valence-corrected chi connectivity index (χ1v) is 12.3. The highest BCUT2D eigenvalue weighted by atomic mass is 35.5. The third-order valence-corrected chi connectivity index (χ3v) is 9.26. The van der Waals surface area contributed by atoms with E-state index in [0.29, 0.717) is 29.4 Å². The largest absolute Gasteiger partial charge is 0.368 e. The Morgan fingerprint density at radius 3 is 2.55 bits per heavy atom. The minimum atomic E-state index is -3.13. The smallest absolute Gasteiger partial charge is 0.259 e. The van der Waals surface area contributed by atoms with Gasteiger partial charge in [-0.1, -0.05) is 11.6 Å². The second kappa shape index (κ2) is 6.92. The number of aromatic nitrogens is 1. The molecule has 2 aromatic rings. The predicted octanol–water partition coefficient (Wildman–Crippen LogP) is 3.24. The van der Waals surface area contributed by atoms with E-state index in [1.165, 1.54) is 0 Å². The number of likely N-dealkylation sites (N-methyl/N-ethyl adjacent to an activating group) is 1. The van der Waals surface area contributed by atoms with Crippen LogP contribution in [-0.4, -0.2) is 55.0 Å². The second-order valence-corrected chi connectivity index (χ2v) is 11.8. The normalized spacial score (nSPS) is 21.2. The quantitative estimate of drug-likeness (QED) is 0.684. The molecule has 0 N–H and O–H groups in total. The molecule has 1 aromatic heterocycles. The van der Waals surface area contributed by atoms with Gasteiger partial charge in [-0.3, -0.25) is 14.7 Å². The van der Waals surface area contributed by atoms with Crippen LogP contribution >= 0.6 is 11.6 Å². The average molecular weight is 461 g/mol. The molecule has 9 heteroatoms. The number of amides is 1. The Morgan fingerprint density at radius 1 is 1.16 bits per heavy atom. The third-order valence-electron chi connectivity index (χ3n) is 6.69. The van der Waals surface area contributed by atoms with Crippen LogP contribution in [0.25, 0.3) is 0 Å². The monoisotopic (exact) mass is 460 g/mol. The standard InChI is InChI=1S/C22H25ClN4O3S/c1-22(2)20-8-14(23)4-7-19(20)21(28)27(22)16-9-15(10-24-11-16)25(3)17-12-26(13-17)31(29,30)18-5-6-18/h4,7-11,17-18H,5-6,12-13H2,1-3H3. The van der Waals surface area contributed by atoms with Crippen molar-refractivity contribution in [2.45, 2.75) is 43.5 Å². The zero-order valence-electron chi connectivity index (χ0n) is 17.7. The highest BCUT2D eigenvalue weighted by molar-refractivity contribution is 7.90. The maximum Gasteiger partial charge on any atom is 0.259 e. The summed E-state index contributed by atoms with van der Waals surface area (Å²) in [5.41, 5.74) is 2.52. The topological polar surface area (TPSA) is 73.8 Å². The van der Waals surface area contributed by atoms with E-state index in [0.717, 1.165) is 24.1 Å². The van der Waals surface area contributed by atoms with E-state index in [2.05, 4.69) is 4.98 Å². The fourth-order valence-corrected chi connectivity index (χ4v) is 6.62. The molecule has 1 saturated heterocycles.